The quantitative estimate of drug-likeness (QED) is 0.272. The third kappa shape index (κ3) is 2.30. The van der Waals surface area contributed by atoms with Crippen LogP contribution in [0, 0.1) is 33.8 Å². The highest BCUT2D eigenvalue weighted by molar-refractivity contribution is 9.10. The standard InChI is InChI=1S/C16H12BrN3O5/c17-10-4-9(14(21)11(5-10)20(24)25)6-18-19-15(22)12-7-1-2-8(3-7)13(12)16(19)23/h1-2,4-8,12-13,21H,3H2/b18-6-/t7-,8-,12+,13+/m0/s1. The first-order chi connectivity index (χ1) is 11.9. The fourth-order valence-electron chi connectivity index (χ4n) is 3.96. The molecule has 2 aliphatic carbocycles. The van der Waals surface area contributed by atoms with Gasteiger partial charge in [0.25, 0.3) is 11.8 Å². The van der Waals surface area contributed by atoms with E-state index in [1.165, 1.54) is 6.07 Å². The minimum absolute atomic E-state index is 0.0415. The molecule has 1 aliphatic heterocycles. The molecule has 0 aromatic heterocycles. The number of hydrogen-bond donors (Lipinski definition) is 1. The number of allylic oxidation sites excluding steroid dienone is 2. The van der Waals surface area contributed by atoms with E-state index in [0.29, 0.717) is 4.47 Å². The Morgan fingerprint density at radius 3 is 2.40 bits per heavy atom. The van der Waals surface area contributed by atoms with Crippen LogP contribution in [0.1, 0.15) is 12.0 Å². The fraction of sp³-hybridized carbons (Fsp3) is 0.312. The lowest BCUT2D eigenvalue weighted by Crippen LogP contribution is -2.28. The molecule has 25 heavy (non-hydrogen) atoms. The molecule has 2 fully saturated rings. The number of nitrogens with zero attached hydrogens (tertiary/aromatic N) is 3. The summed E-state index contributed by atoms with van der Waals surface area (Å²) in [6.45, 7) is 0. The van der Waals surface area contributed by atoms with Gasteiger partial charge in [-0.15, -0.1) is 0 Å². The Hall–Kier alpha value is -2.55. The summed E-state index contributed by atoms with van der Waals surface area (Å²) in [5.41, 5.74) is -0.450. The van der Waals surface area contributed by atoms with Crippen molar-refractivity contribution >= 4 is 39.6 Å². The summed E-state index contributed by atoms with van der Waals surface area (Å²) in [6, 6.07) is 2.58. The highest BCUT2D eigenvalue weighted by Gasteiger charge is 2.59. The summed E-state index contributed by atoms with van der Waals surface area (Å²) in [6.07, 6.45) is 5.88. The second-order valence-corrected chi connectivity index (χ2v) is 7.27. The normalized spacial score (nSPS) is 29.9. The number of nitro benzene ring substituents is 1. The SMILES string of the molecule is O=C1[C@H]2[C@H](C(=O)N1/N=C\c1cc(Br)cc([N+](=O)[O-])c1O)[C@H]1C=C[C@H]2C1. The lowest BCUT2D eigenvalue weighted by molar-refractivity contribution is -0.385. The fourth-order valence-corrected chi connectivity index (χ4v) is 4.43. The third-order valence-corrected chi connectivity index (χ3v) is 5.50. The minimum Gasteiger partial charge on any atom is -0.502 e. The van der Waals surface area contributed by atoms with E-state index < -0.39 is 16.4 Å². The van der Waals surface area contributed by atoms with Gasteiger partial charge in [-0.25, -0.2) is 0 Å². The largest absolute Gasteiger partial charge is 0.502 e. The molecule has 1 saturated heterocycles. The molecule has 9 heteroatoms. The second kappa shape index (κ2) is 5.48. The van der Waals surface area contributed by atoms with E-state index in [1.54, 1.807) is 0 Å². The van der Waals surface area contributed by atoms with Crippen molar-refractivity contribution in [2.24, 2.45) is 28.8 Å². The Balaban J connectivity index is 1.64. The first-order valence-electron chi connectivity index (χ1n) is 7.65. The molecule has 3 aliphatic rings. The minimum atomic E-state index is -0.725. The summed E-state index contributed by atoms with van der Waals surface area (Å²) in [7, 11) is 0. The molecule has 1 heterocycles. The summed E-state index contributed by atoms with van der Waals surface area (Å²) in [4.78, 5) is 35.3. The van der Waals surface area contributed by atoms with Crippen LogP contribution in [-0.4, -0.2) is 33.1 Å². The van der Waals surface area contributed by atoms with E-state index in [2.05, 4.69) is 21.0 Å². The van der Waals surface area contributed by atoms with Crippen LogP contribution in [0.3, 0.4) is 0 Å². The Bertz CT molecular complexity index is 851. The number of hydrogen-bond acceptors (Lipinski definition) is 6. The van der Waals surface area contributed by atoms with Crippen molar-refractivity contribution in [2.45, 2.75) is 6.42 Å². The van der Waals surface area contributed by atoms with Crippen LogP contribution < -0.4 is 0 Å². The smallest absolute Gasteiger partial charge is 0.312 e. The topological polar surface area (TPSA) is 113 Å². The van der Waals surface area contributed by atoms with Gasteiger partial charge in [0.05, 0.1) is 23.0 Å². The molecule has 1 aromatic carbocycles. The summed E-state index contributed by atoms with van der Waals surface area (Å²) in [5.74, 6) is -1.87. The summed E-state index contributed by atoms with van der Waals surface area (Å²) < 4.78 is 0.372. The van der Waals surface area contributed by atoms with Crippen LogP contribution >= 0.6 is 15.9 Å². The van der Waals surface area contributed by atoms with Gasteiger partial charge in [-0.1, -0.05) is 28.1 Å². The van der Waals surface area contributed by atoms with E-state index >= 15 is 0 Å². The molecule has 1 saturated carbocycles. The molecule has 4 rings (SSSR count). The van der Waals surface area contributed by atoms with Crippen molar-refractivity contribution in [3.63, 3.8) is 0 Å². The molecule has 1 N–H and O–H groups in total. The van der Waals surface area contributed by atoms with Gasteiger partial charge in [-0.3, -0.25) is 19.7 Å². The van der Waals surface area contributed by atoms with Crippen LogP contribution in [0.4, 0.5) is 5.69 Å². The number of phenolic OH excluding ortho intramolecular Hbond substituents is 1. The number of carbonyl (C=O) groups excluding carboxylic acids is 2. The Morgan fingerprint density at radius 2 is 1.84 bits per heavy atom. The van der Waals surface area contributed by atoms with E-state index in [1.807, 2.05) is 12.2 Å². The molecular weight excluding hydrogens is 394 g/mol. The number of amides is 2. The van der Waals surface area contributed by atoms with Crippen molar-refractivity contribution in [3.05, 3.63) is 44.4 Å². The molecule has 0 spiro atoms. The first-order valence-corrected chi connectivity index (χ1v) is 8.45. The summed E-state index contributed by atoms with van der Waals surface area (Å²) >= 11 is 3.12. The van der Waals surface area contributed by atoms with Crippen LogP contribution in [-0.2, 0) is 9.59 Å². The van der Waals surface area contributed by atoms with Gasteiger partial charge in [0.15, 0.2) is 0 Å². The maximum atomic E-state index is 12.5. The van der Waals surface area contributed by atoms with Gasteiger partial charge >= 0.3 is 5.69 Å². The predicted octanol–water partition coefficient (Wildman–Crippen LogP) is 2.20. The number of nitro groups is 1. The van der Waals surface area contributed by atoms with Gasteiger partial charge in [-0.05, 0) is 24.3 Å². The zero-order valence-corrected chi connectivity index (χ0v) is 14.3. The van der Waals surface area contributed by atoms with Crippen molar-refractivity contribution in [1.82, 2.24) is 5.01 Å². The molecule has 128 valence electrons. The molecule has 2 bridgehead atoms. The molecule has 0 radical (unpaired) electrons. The van der Waals surface area contributed by atoms with E-state index in [9.17, 15) is 24.8 Å². The van der Waals surface area contributed by atoms with E-state index in [-0.39, 0.29) is 41.0 Å². The van der Waals surface area contributed by atoms with Crippen LogP contribution in [0.25, 0.3) is 0 Å². The monoisotopic (exact) mass is 405 g/mol. The van der Waals surface area contributed by atoms with Crippen molar-refractivity contribution < 1.29 is 19.6 Å². The van der Waals surface area contributed by atoms with Gasteiger partial charge in [-0.2, -0.15) is 10.1 Å². The number of halogens is 1. The average Bonchev–Trinajstić information content (AvgIpc) is 3.23. The predicted molar refractivity (Wildman–Crippen MR) is 89.6 cm³/mol. The Kier molecular flexibility index (Phi) is 3.50. The van der Waals surface area contributed by atoms with Gasteiger partial charge in [0.1, 0.15) is 0 Å². The molecule has 0 unspecified atom stereocenters. The maximum absolute atomic E-state index is 12.5. The van der Waals surface area contributed by atoms with E-state index in [0.717, 1.165) is 23.7 Å². The summed E-state index contributed by atoms with van der Waals surface area (Å²) in [5, 5.41) is 25.7. The van der Waals surface area contributed by atoms with Gasteiger partial charge < -0.3 is 5.11 Å². The number of fused-ring (bicyclic) bond motifs is 5. The first kappa shape index (κ1) is 15.9. The molecule has 4 atom stereocenters. The highest BCUT2D eigenvalue weighted by Crippen LogP contribution is 2.52. The number of imide groups is 1. The molecule has 8 nitrogen and oxygen atoms in total. The lowest BCUT2D eigenvalue weighted by Gasteiger charge is -2.13. The van der Waals surface area contributed by atoms with Crippen LogP contribution in [0.5, 0.6) is 5.75 Å². The third-order valence-electron chi connectivity index (χ3n) is 5.04. The number of phenols is 1. The van der Waals surface area contributed by atoms with Crippen molar-refractivity contribution in [1.29, 1.82) is 0 Å². The zero-order chi connectivity index (χ0) is 17.9. The molecular formula is C16H12BrN3O5. The van der Waals surface area contributed by atoms with E-state index in [4.69, 9.17) is 0 Å². The molecule has 1 aromatic rings. The Morgan fingerprint density at radius 1 is 1.24 bits per heavy atom. The average molecular weight is 406 g/mol. The number of hydrazone groups is 1. The second-order valence-electron chi connectivity index (χ2n) is 6.35. The zero-order valence-electron chi connectivity index (χ0n) is 12.7. The maximum Gasteiger partial charge on any atom is 0.312 e. The lowest BCUT2D eigenvalue weighted by atomic mass is 9.85. The highest BCUT2D eigenvalue weighted by atomic mass is 79.9. The number of benzene rings is 1. The van der Waals surface area contributed by atoms with Gasteiger partial charge in [0, 0.05) is 16.1 Å². The van der Waals surface area contributed by atoms with Crippen LogP contribution in [0.2, 0.25) is 0 Å². The number of carbonyl (C=O) groups is 2. The van der Waals surface area contributed by atoms with Crippen molar-refractivity contribution in [3.8, 4) is 5.75 Å². The number of aromatic hydroxyl groups is 1. The Labute approximate surface area is 150 Å². The van der Waals surface area contributed by atoms with Crippen LogP contribution in [0.15, 0.2) is 33.9 Å². The van der Waals surface area contributed by atoms with Gasteiger partial charge in [0.2, 0.25) is 5.75 Å². The van der Waals surface area contributed by atoms with Crippen molar-refractivity contribution in [2.75, 3.05) is 0 Å². The number of rotatable bonds is 3. The molecule has 2 amide bonds.